The van der Waals surface area contributed by atoms with Crippen LogP contribution in [0.25, 0.3) is 22.4 Å². The fourth-order valence-corrected chi connectivity index (χ4v) is 3.99. The Morgan fingerprint density at radius 1 is 1.19 bits per heavy atom. The van der Waals surface area contributed by atoms with E-state index >= 15 is 0 Å². The Bertz CT molecular complexity index is 1130. The van der Waals surface area contributed by atoms with E-state index in [0.29, 0.717) is 23.4 Å². The molecule has 1 saturated heterocycles. The lowest BCUT2D eigenvalue weighted by molar-refractivity contribution is 0.0358. The number of nitrogens with two attached hydrogens (primary N) is 1. The van der Waals surface area contributed by atoms with Gasteiger partial charge in [-0.05, 0) is 25.5 Å². The number of nitrogens with zero attached hydrogens (tertiary/aromatic N) is 5. The monoisotopic (exact) mass is 432 g/mol. The number of aromatic nitrogens is 3. The number of morpholine rings is 1. The molecule has 4 rings (SSSR count). The van der Waals surface area contributed by atoms with Gasteiger partial charge in [-0.3, -0.25) is 9.58 Å². The SMILES string of the molecule is Cc1nn(C)cc1-c1cc(-c2ccccc2OCCCN2CCOCC2)c(C#N)c(N)n1. The minimum Gasteiger partial charge on any atom is -0.493 e. The first-order valence-electron chi connectivity index (χ1n) is 10.8. The third kappa shape index (κ3) is 4.74. The Morgan fingerprint density at radius 2 is 1.97 bits per heavy atom. The summed E-state index contributed by atoms with van der Waals surface area (Å²) < 4.78 is 13.3. The van der Waals surface area contributed by atoms with Gasteiger partial charge in [0.25, 0.3) is 0 Å². The van der Waals surface area contributed by atoms with E-state index in [2.05, 4.69) is 21.1 Å². The van der Waals surface area contributed by atoms with Crippen LogP contribution in [0.15, 0.2) is 36.5 Å². The number of rotatable bonds is 7. The number of hydrogen-bond donors (Lipinski definition) is 1. The molecule has 0 spiro atoms. The zero-order chi connectivity index (χ0) is 22.5. The van der Waals surface area contributed by atoms with Crippen LogP contribution in [0.5, 0.6) is 5.75 Å². The van der Waals surface area contributed by atoms with Gasteiger partial charge < -0.3 is 15.2 Å². The van der Waals surface area contributed by atoms with Crippen LogP contribution < -0.4 is 10.5 Å². The van der Waals surface area contributed by atoms with Crippen LogP contribution in [-0.2, 0) is 11.8 Å². The summed E-state index contributed by atoms with van der Waals surface area (Å²) in [5.74, 6) is 0.927. The van der Waals surface area contributed by atoms with Gasteiger partial charge in [0.15, 0.2) is 0 Å². The molecule has 0 aliphatic carbocycles. The number of hydrogen-bond acceptors (Lipinski definition) is 7. The molecule has 2 aromatic heterocycles. The van der Waals surface area contributed by atoms with Gasteiger partial charge in [0.2, 0.25) is 0 Å². The molecule has 1 aromatic carbocycles. The molecule has 8 heteroatoms. The van der Waals surface area contributed by atoms with Crippen LogP contribution in [-0.4, -0.2) is 59.1 Å². The molecule has 166 valence electrons. The molecule has 1 fully saturated rings. The summed E-state index contributed by atoms with van der Waals surface area (Å²) in [5, 5.41) is 14.2. The number of aryl methyl sites for hydroxylation is 2. The maximum Gasteiger partial charge on any atom is 0.142 e. The molecule has 8 nitrogen and oxygen atoms in total. The molecular weight excluding hydrogens is 404 g/mol. The summed E-state index contributed by atoms with van der Waals surface area (Å²) in [5.41, 5.74) is 10.5. The molecule has 2 N–H and O–H groups in total. The van der Waals surface area contributed by atoms with E-state index in [1.807, 2.05) is 50.5 Å². The highest BCUT2D eigenvalue weighted by Gasteiger charge is 2.18. The van der Waals surface area contributed by atoms with Gasteiger partial charge in [0.1, 0.15) is 23.2 Å². The lowest BCUT2D eigenvalue weighted by atomic mass is 9.98. The molecule has 3 aromatic rings. The number of nitrogen functional groups attached to an aromatic ring is 1. The number of ether oxygens (including phenoxy) is 2. The first kappa shape index (κ1) is 21.8. The van der Waals surface area contributed by atoms with Crippen LogP contribution in [0.1, 0.15) is 17.7 Å². The van der Waals surface area contributed by atoms with Crippen LogP contribution in [0, 0.1) is 18.3 Å². The zero-order valence-corrected chi connectivity index (χ0v) is 18.5. The van der Waals surface area contributed by atoms with Crippen molar-refractivity contribution < 1.29 is 9.47 Å². The van der Waals surface area contributed by atoms with Gasteiger partial charge in [0.05, 0.1) is 31.2 Å². The highest BCUT2D eigenvalue weighted by Crippen LogP contribution is 2.36. The minimum absolute atomic E-state index is 0.199. The average Bonchev–Trinajstić information content (AvgIpc) is 3.15. The van der Waals surface area contributed by atoms with Crippen molar-refractivity contribution in [2.24, 2.45) is 7.05 Å². The molecule has 1 aliphatic heterocycles. The van der Waals surface area contributed by atoms with Crippen molar-refractivity contribution >= 4 is 5.82 Å². The lowest BCUT2D eigenvalue weighted by Crippen LogP contribution is -2.37. The molecule has 0 unspecified atom stereocenters. The lowest BCUT2D eigenvalue weighted by Gasteiger charge is -2.26. The van der Waals surface area contributed by atoms with Crippen LogP contribution in [0.2, 0.25) is 0 Å². The Labute approximate surface area is 188 Å². The highest BCUT2D eigenvalue weighted by atomic mass is 16.5. The number of anilines is 1. The minimum atomic E-state index is 0.199. The smallest absolute Gasteiger partial charge is 0.142 e. The van der Waals surface area contributed by atoms with Crippen LogP contribution >= 0.6 is 0 Å². The normalized spacial score (nSPS) is 14.3. The van der Waals surface area contributed by atoms with Crippen LogP contribution in [0.4, 0.5) is 5.82 Å². The second-order valence-electron chi connectivity index (χ2n) is 7.88. The molecule has 0 bridgehead atoms. The van der Waals surface area contributed by atoms with E-state index in [4.69, 9.17) is 15.2 Å². The third-order valence-electron chi connectivity index (χ3n) is 5.61. The quantitative estimate of drug-likeness (QED) is 0.573. The molecule has 1 aliphatic rings. The Morgan fingerprint density at radius 3 is 2.69 bits per heavy atom. The Hall–Kier alpha value is -3.41. The van der Waals surface area contributed by atoms with Gasteiger partial charge in [-0.15, -0.1) is 0 Å². The molecule has 32 heavy (non-hydrogen) atoms. The second kappa shape index (κ2) is 9.81. The number of benzene rings is 1. The predicted molar refractivity (Wildman–Crippen MR) is 123 cm³/mol. The van der Waals surface area contributed by atoms with Gasteiger partial charge in [-0.25, -0.2) is 4.98 Å². The topological polar surface area (TPSA) is 102 Å². The summed E-state index contributed by atoms with van der Waals surface area (Å²) >= 11 is 0. The van der Waals surface area contributed by atoms with Crippen molar-refractivity contribution in [1.29, 1.82) is 5.26 Å². The van der Waals surface area contributed by atoms with E-state index < -0.39 is 0 Å². The highest BCUT2D eigenvalue weighted by molar-refractivity contribution is 5.83. The number of para-hydroxylation sites is 1. The summed E-state index contributed by atoms with van der Waals surface area (Å²) in [6.07, 6.45) is 2.82. The van der Waals surface area contributed by atoms with Crippen molar-refractivity contribution in [2.75, 3.05) is 45.2 Å². The third-order valence-corrected chi connectivity index (χ3v) is 5.61. The van der Waals surface area contributed by atoms with Gasteiger partial charge >= 0.3 is 0 Å². The zero-order valence-electron chi connectivity index (χ0n) is 18.5. The fraction of sp³-hybridized carbons (Fsp3) is 0.375. The van der Waals surface area contributed by atoms with Crippen molar-refractivity contribution in [1.82, 2.24) is 19.7 Å². The largest absolute Gasteiger partial charge is 0.493 e. The molecule has 0 saturated carbocycles. The predicted octanol–water partition coefficient (Wildman–Crippen LogP) is 3.01. The van der Waals surface area contributed by atoms with Gasteiger partial charge in [0, 0.05) is 49.6 Å². The Kier molecular flexibility index (Phi) is 6.69. The number of pyridine rings is 1. The van der Waals surface area contributed by atoms with E-state index in [1.165, 1.54) is 0 Å². The molecule has 3 heterocycles. The summed E-state index contributed by atoms with van der Waals surface area (Å²) in [6.45, 7) is 7.01. The maximum absolute atomic E-state index is 9.79. The van der Waals surface area contributed by atoms with E-state index in [9.17, 15) is 5.26 Å². The fourth-order valence-electron chi connectivity index (χ4n) is 3.99. The second-order valence-corrected chi connectivity index (χ2v) is 7.88. The summed E-state index contributed by atoms with van der Waals surface area (Å²) in [4.78, 5) is 6.86. The van der Waals surface area contributed by atoms with E-state index in [1.54, 1.807) is 4.68 Å². The number of nitriles is 1. The summed E-state index contributed by atoms with van der Waals surface area (Å²) in [6, 6.07) is 11.9. The van der Waals surface area contributed by atoms with Crippen LogP contribution in [0.3, 0.4) is 0 Å². The molecular formula is C24H28N6O2. The first-order valence-corrected chi connectivity index (χ1v) is 10.8. The summed E-state index contributed by atoms with van der Waals surface area (Å²) in [7, 11) is 1.87. The molecule has 0 atom stereocenters. The standard InChI is InChI=1S/C24H28N6O2/c1-17-21(16-29(2)28-17)22-14-19(20(15-25)24(26)27-22)18-6-3-4-7-23(18)32-11-5-8-30-9-12-31-13-10-30/h3-4,6-7,14,16H,5,8-13H2,1-2H3,(H2,26,27). The first-order chi connectivity index (χ1) is 15.6. The van der Waals surface area contributed by atoms with Gasteiger partial charge in [-0.2, -0.15) is 10.4 Å². The van der Waals surface area contributed by atoms with Crippen molar-refractivity contribution in [2.45, 2.75) is 13.3 Å². The maximum atomic E-state index is 9.79. The average molecular weight is 433 g/mol. The van der Waals surface area contributed by atoms with Crippen molar-refractivity contribution in [3.05, 3.63) is 47.8 Å². The van der Waals surface area contributed by atoms with Crippen molar-refractivity contribution in [3.63, 3.8) is 0 Å². The van der Waals surface area contributed by atoms with E-state index in [-0.39, 0.29) is 5.82 Å². The van der Waals surface area contributed by atoms with E-state index in [0.717, 1.165) is 61.8 Å². The Balaban J connectivity index is 1.60. The molecule has 0 amide bonds. The van der Waals surface area contributed by atoms with Crippen molar-refractivity contribution in [3.8, 4) is 34.2 Å². The molecule has 0 radical (unpaired) electrons. The van der Waals surface area contributed by atoms with Gasteiger partial charge in [-0.1, -0.05) is 18.2 Å².